The first-order chi connectivity index (χ1) is 20.9. The van der Waals surface area contributed by atoms with Crippen LogP contribution in [0.2, 0.25) is 5.02 Å². The highest BCUT2D eigenvalue weighted by atomic mass is 35.5. The van der Waals surface area contributed by atoms with E-state index in [4.69, 9.17) is 21.1 Å². The van der Waals surface area contributed by atoms with Crippen molar-refractivity contribution < 1.29 is 23.9 Å². The van der Waals surface area contributed by atoms with Gasteiger partial charge in [-0.25, -0.2) is 4.79 Å². The largest absolute Gasteiger partial charge is 0.447 e. The van der Waals surface area contributed by atoms with Crippen LogP contribution in [0.25, 0.3) is 11.8 Å². The third-order valence-corrected chi connectivity index (χ3v) is 6.33. The Kier molecular flexibility index (Phi) is 11.3. The number of methoxy groups -OCH3 is 1. The van der Waals surface area contributed by atoms with Crippen LogP contribution in [-0.4, -0.2) is 64.5 Å². The van der Waals surface area contributed by atoms with Gasteiger partial charge in [-0.05, 0) is 58.0 Å². The zero-order valence-corrected chi connectivity index (χ0v) is 24.0. The fourth-order valence-corrected chi connectivity index (χ4v) is 4.14. The number of alkyl carbamates (subject to hydrolysis) is 1. The number of hydrogen-bond acceptors (Lipinski definition) is 8. The van der Waals surface area contributed by atoms with Gasteiger partial charge in [-0.1, -0.05) is 54.1 Å². The number of nitrogens with one attached hydrogen (secondary N) is 3. The quantitative estimate of drug-likeness (QED) is 0.155. The Balaban J connectivity index is 1.41. The normalized spacial score (nSPS) is 11.6. The molecule has 1 atom stereocenters. The molecule has 0 radical (unpaired) electrons. The van der Waals surface area contributed by atoms with Crippen LogP contribution in [0.3, 0.4) is 0 Å². The Labute approximate surface area is 253 Å². The summed E-state index contributed by atoms with van der Waals surface area (Å²) in [6.07, 6.45) is 4.06. The number of carbonyl (C=O) groups is 3. The van der Waals surface area contributed by atoms with Crippen LogP contribution in [0.4, 0.5) is 10.5 Å². The molecule has 1 unspecified atom stereocenters. The standard InChI is InChI=1S/C30H30ClN7O5/c1-42-15-16-43-30(41)32-19-22-7-11-25(12-8-22)34-29(40)26(17-21-5-3-2-4-6-21)35-28(39)14-9-23-18-24(31)10-13-27(23)38-20-33-36-37-38/h2-14,18,20,26H,15-17,19H2,1H3,(H,32,41)(H,34,40)(H,35,39). The highest BCUT2D eigenvalue weighted by Crippen LogP contribution is 2.20. The number of hydrogen-bond donors (Lipinski definition) is 3. The summed E-state index contributed by atoms with van der Waals surface area (Å²) >= 11 is 6.17. The van der Waals surface area contributed by atoms with Gasteiger partial charge in [0.25, 0.3) is 0 Å². The maximum atomic E-state index is 13.3. The molecule has 0 fully saturated rings. The number of ether oxygens (including phenoxy) is 2. The average Bonchev–Trinajstić information content (AvgIpc) is 3.55. The Bertz CT molecular complexity index is 1530. The lowest BCUT2D eigenvalue weighted by molar-refractivity contribution is -0.123. The van der Waals surface area contributed by atoms with Crippen LogP contribution in [-0.2, 0) is 32.0 Å². The SMILES string of the molecule is COCCOC(=O)NCc1ccc(NC(=O)C(Cc2ccccc2)NC(=O)C=Cc2cc(Cl)ccc2-n2cnnn2)cc1. The fourth-order valence-electron chi connectivity index (χ4n) is 3.96. The number of carbonyl (C=O) groups excluding carboxylic acids is 3. The molecule has 3 amide bonds. The first-order valence-electron chi connectivity index (χ1n) is 13.3. The first kappa shape index (κ1) is 30.9. The topological polar surface area (TPSA) is 149 Å². The molecule has 0 saturated carbocycles. The van der Waals surface area contributed by atoms with E-state index in [2.05, 4.69) is 31.5 Å². The second-order valence-electron chi connectivity index (χ2n) is 9.21. The Morgan fingerprint density at radius 3 is 2.51 bits per heavy atom. The van der Waals surface area contributed by atoms with Gasteiger partial charge in [-0.15, -0.1) is 5.10 Å². The number of amides is 3. The molecule has 12 nitrogen and oxygen atoms in total. The maximum absolute atomic E-state index is 13.3. The van der Waals surface area contributed by atoms with Gasteiger partial charge in [-0.3, -0.25) is 9.59 Å². The molecule has 4 aromatic rings. The van der Waals surface area contributed by atoms with Gasteiger partial charge in [0, 0.05) is 42.4 Å². The van der Waals surface area contributed by atoms with Crippen LogP contribution >= 0.6 is 11.6 Å². The second kappa shape index (κ2) is 15.8. The van der Waals surface area contributed by atoms with E-state index in [-0.39, 0.29) is 19.6 Å². The number of tetrazole rings is 1. The molecule has 1 aromatic heterocycles. The van der Waals surface area contributed by atoms with Gasteiger partial charge < -0.3 is 25.4 Å². The predicted octanol–water partition coefficient (Wildman–Crippen LogP) is 3.57. The molecule has 4 rings (SSSR count). The van der Waals surface area contributed by atoms with E-state index < -0.39 is 23.9 Å². The lowest BCUT2D eigenvalue weighted by atomic mass is 10.0. The number of aromatic nitrogens is 4. The van der Waals surface area contributed by atoms with Crippen molar-refractivity contribution in [3.05, 3.63) is 107 Å². The third kappa shape index (κ3) is 9.76. The van der Waals surface area contributed by atoms with Crippen LogP contribution in [0.1, 0.15) is 16.7 Å². The predicted molar refractivity (Wildman–Crippen MR) is 160 cm³/mol. The third-order valence-electron chi connectivity index (χ3n) is 6.09. The molecule has 0 spiro atoms. The fraction of sp³-hybridized carbons (Fsp3) is 0.200. The van der Waals surface area contributed by atoms with Gasteiger partial charge in [0.05, 0.1) is 12.3 Å². The van der Waals surface area contributed by atoms with E-state index in [9.17, 15) is 14.4 Å². The summed E-state index contributed by atoms with van der Waals surface area (Å²) in [6.45, 7) is 0.724. The minimum absolute atomic E-state index is 0.159. The van der Waals surface area contributed by atoms with Gasteiger partial charge in [0.15, 0.2) is 0 Å². The van der Waals surface area contributed by atoms with E-state index in [1.807, 2.05) is 30.3 Å². The van der Waals surface area contributed by atoms with Crippen molar-refractivity contribution in [2.24, 2.45) is 0 Å². The maximum Gasteiger partial charge on any atom is 0.407 e. The second-order valence-corrected chi connectivity index (χ2v) is 9.65. The van der Waals surface area contributed by atoms with E-state index >= 15 is 0 Å². The highest BCUT2D eigenvalue weighted by molar-refractivity contribution is 6.30. The van der Waals surface area contributed by atoms with E-state index in [0.717, 1.165) is 11.1 Å². The molecule has 222 valence electrons. The number of halogens is 1. The smallest absolute Gasteiger partial charge is 0.407 e. The Morgan fingerprint density at radius 2 is 1.79 bits per heavy atom. The van der Waals surface area contributed by atoms with Crippen molar-refractivity contribution in [3.8, 4) is 5.69 Å². The lowest BCUT2D eigenvalue weighted by Gasteiger charge is -2.18. The zero-order valence-electron chi connectivity index (χ0n) is 23.3. The van der Waals surface area contributed by atoms with Gasteiger partial charge in [-0.2, -0.15) is 4.68 Å². The minimum Gasteiger partial charge on any atom is -0.447 e. The summed E-state index contributed by atoms with van der Waals surface area (Å²) in [7, 11) is 1.52. The molecular weight excluding hydrogens is 574 g/mol. The molecule has 0 bridgehead atoms. The molecule has 0 saturated heterocycles. The van der Waals surface area contributed by atoms with E-state index in [1.165, 1.54) is 24.2 Å². The van der Waals surface area contributed by atoms with Crippen molar-refractivity contribution in [2.45, 2.75) is 19.0 Å². The van der Waals surface area contributed by atoms with Crippen LogP contribution < -0.4 is 16.0 Å². The molecule has 1 heterocycles. The van der Waals surface area contributed by atoms with Crippen molar-refractivity contribution in [1.29, 1.82) is 0 Å². The molecule has 3 aromatic carbocycles. The van der Waals surface area contributed by atoms with Crippen molar-refractivity contribution in [2.75, 3.05) is 25.6 Å². The van der Waals surface area contributed by atoms with Crippen molar-refractivity contribution in [3.63, 3.8) is 0 Å². The molecule has 0 aliphatic heterocycles. The van der Waals surface area contributed by atoms with Gasteiger partial charge in [0.1, 0.15) is 19.0 Å². The lowest BCUT2D eigenvalue weighted by Crippen LogP contribution is -2.44. The zero-order chi connectivity index (χ0) is 30.4. The summed E-state index contributed by atoms with van der Waals surface area (Å²) < 4.78 is 11.3. The summed E-state index contributed by atoms with van der Waals surface area (Å²) in [6, 6.07) is 20.6. The molecule has 0 aliphatic carbocycles. The van der Waals surface area contributed by atoms with E-state index in [0.29, 0.717) is 28.6 Å². The molecule has 43 heavy (non-hydrogen) atoms. The molecule has 0 aliphatic rings. The van der Waals surface area contributed by atoms with E-state index in [1.54, 1.807) is 48.5 Å². The summed E-state index contributed by atoms with van der Waals surface area (Å²) in [4.78, 5) is 38.1. The first-order valence-corrected chi connectivity index (χ1v) is 13.6. The number of benzene rings is 3. The Morgan fingerprint density at radius 1 is 1.00 bits per heavy atom. The van der Waals surface area contributed by atoms with Crippen molar-refractivity contribution >= 4 is 41.3 Å². The summed E-state index contributed by atoms with van der Waals surface area (Å²) in [5.74, 6) is -0.868. The van der Waals surface area contributed by atoms with Crippen LogP contribution in [0.5, 0.6) is 0 Å². The van der Waals surface area contributed by atoms with Crippen LogP contribution in [0.15, 0.2) is 85.2 Å². The highest BCUT2D eigenvalue weighted by Gasteiger charge is 2.21. The molecule has 3 N–H and O–H groups in total. The minimum atomic E-state index is -0.874. The number of rotatable bonds is 13. The average molecular weight is 604 g/mol. The van der Waals surface area contributed by atoms with Crippen molar-refractivity contribution in [1.82, 2.24) is 30.8 Å². The number of anilines is 1. The summed E-state index contributed by atoms with van der Waals surface area (Å²) in [5, 5.41) is 20.0. The Hall–Kier alpha value is -5.07. The molecule has 13 heteroatoms. The van der Waals surface area contributed by atoms with Crippen LogP contribution in [0, 0.1) is 0 Å². The monoisotopic (exact) mass is 603 g/mol. The summed E-state index contributed by atoms with van der Waals surface area (Å²) in [5.41, 5.74) is 3.45. The van der Waals surface area contributed by atoms with Gasteiger partial charge in [0.2, 0.25) is 11.8 Å². The molecular formula is C30H30ClN7O5. The number of nitrogens with zero attached hydrogens (tertiary/aromatic N) is 4. The van der Waals surface area contributed by atoms with Gasteiger partial charge >= 0.3 is 6.09 Å².